The summed E-state index contributed by atoms with van der Waals surface area (Å²) in [5, 5.41) is 3.15. The van der Waals surface area contributed by atoms with E-state index in [1.807, 2.05) is 0 Å². The molecule has 0 atom stereocenters. The molecule has 1 N–H and O–H groups in total. The molecular formula is C30H34N2O2. The van der Waals surface area contributed by atoms with Crippen molar-refractivity contribution in [2.45, 2.75) is 38.1 Å². The first-order valence-corrected chi connectivity index (χ1v) is 12.6. The number of fused-ring (bicyclic) bond motifs is 1. The van der Waals surface area contributed by atoms with Crippen LogP contribution in [0.25, 0.3) is 0 Å². The van der Waals surface area contributed by atoms with E-state index in [9.17, 15) is 4.79 Å². The maximum Gasteiger partial charge on any atom is 0.223 e. The molecule has 0 aliphatic carbocycles. The van der Waals surface area contributed by atoms with Crippen LogP contribution >= 0.6 is 0 Å². The summed E-state index contributed by atoms with van der Waals surface area (Å²) in [6.45, 7) is 4.37. The molecule has 1 fully saturated rings. The van der Waals surface area contributed by atoms with Crippen LogP contribution in [0.4, 0.5) is 0 Å². The van der Waals surface area contributed by atoms with Crippen LogP contribution in [0.5, 0.6) is 5.75 Å². The van der Waals surface area contributed by atoms with Crippen molar-refractivity contribution in [1.29, 1.82) is 0 Å². The van der Waals surface area contributed by atoms with Crippen LogP contribution in [-0.2, 0) is 17.8 Å². The van der Waals surface area contributed by atoms with E-state index in [-0.39, 0.29) is 11.8 Å². The summed E-state index contributed by atoms with van der Waals surface area (Å²) in [5.41, 5.74) is 5.13. The average molecular weight is 455 g/mol. The number of hydrogen-bond acceptors (Lipinski definition) is 3. The van der Waals surface area contributed by atoms with Gasteiger partial charge in [0, 0.05) is 24.8 Å². The molecule has 1 saturated heterocycles. The second-order valence-corrected chi connectivity index (χ2v) is 9.54. The smallest absolute Gasteiger partial charge is 0.223 e. The molecule has 176 valence electrons. The molecule has 0 bridgehead atoms. The zero-order chi connectivity index (χ0) is 23.2. The number of carbonyl (C=O) groups excluding carboxylic acids is 1. The predicted molar refractivity (Wildman–Crippen MR) is 136 cm³/mol. The van der Waals surface area contributed by atoms with Crippen molar-refractivity contribution in [3.05, 3.63) is 101 Å². The van der Waals surface area contributed by atoms with E-state index in [4.69, 9.17) is 4.74 Å². The van der Waals surface area contributed by atoms with Gasteiger partial charge in [0.25, 0.3) is 0 Å². The highest BCUT2D eigenvalue weighted by Gasteiger charge is 2.25. The Balaban J connectivity index is 1.10. The van der Waals surface area contributed by atoms with Gasteiger partial charge >= 0.3 is 0 Å². The van der Waals surface area contributed by atoms with E-state index >= 15 is 0 Å². The van der Waals surface area contributed by atoms with Crippen LogP contribution in [0.1, 0.15) is 47.4 Å². The van der Waals surface area contributed by atoms with Crippen molar-refractivity contribution in [3.63, 3.8) is 0 Å². The molecule has 0 spiro atoms. The lowest BCUT2D eigenvalue weighted by Crippen LogP contribution is -2.40. The topological polar surface area (TPSA) is 41.6 Å². The standard InChI is InChI=1S/C30H34N2O2/c33-30(31-22-23-11-12-26-16-20-34-29(26)21-23)27-13-17-32(18-14-27)19-15-28(24-7-3-1-4-8-24)25-9-5-2-6-10-25/h1-12,21,27-28H,13-20,22H2,(H,31,33). The molecule has 34 heavy (non-hydrogen) atoms. The minimum atomic E-state index is 0.112. The fourth-order valence-corrected chi connectivity index (χ4v) is 5.28. The molecule has 4 nitrogen and oxygen atoms in total. The lowest BCUT2D eigenvalue weighted by Gasteiger charge is -2.32. The number of hydrogen-bond donors (Lipinski definition) is 1. The number of benzene rings is 3. The van der Waals surface area contributed by atoms with E-state index in [1.165, 1.54) is 16.7 Å². The van der Waals surface area contributed by atoms with Gasteiger partial charge in [0.05, 0.1) is 6.61 Å². The van der Waals surface area contributed by atoms with Gasteiger partial charge in [-0.15, -0.1) is 0 Å². The van der Waals surface area contributed by atoms with Gasteiger partial charge in [-0.25, -0.2) is 0 Å². The first-order chi connectivity index (χ1) is 16.8. The van der Waals surface area contributed by atoms with Crippen LogP contribution in [-0.4, -0.2) is 37.0 Å². The summed E-state index contributed by atoms with van der Waals surface area (Å²) in [6, 6.07) is 27.9. The normalized spacial score (nSPS) is 16.3. The van der Waals surface area contributed by atoms with Crippen molar-refractivity contribution in [2.24, 2.45) is 5.92 Å². The summed E-state index contributed by atoms with van der Waals surface area (Å²) in [6.07, 6.45) is 3.93. The van der Waals surface area contributed by atoms with Gasteiger partial charge in [-0.3, -0.25) is 4.79 Å². The first-order valence-electron chi connectivity index (χ1n) is 12.6. The van der Waals surface area contributed by atoms with Crippen molar-refractivity contribution in [1.82, 2.24) is 10.2 Å². The van der Waals surface area contributed by atoms with E-state index in [1.54, 1.807) is 0 Å². The molecule has 0 aromatic heterocycles. The molecule has 5 rings (SSSR count). The second kappa shape index (κ2) is 10.9. The Morgan fingerprint density at radius 3 is 2.29 bits per heavy atom. The molecule has 0 saturated carbocycles. The maximum absolute atomic E-state index is 12.8. The van der Waals surface area contributed by atoms with Gasteiger partial charge in [0.1, 0.15) is 5.75 Å². The van der Waals surface area contributed by atoms with Crippen LogP contribution in [0, 0.1) is 5.92 Å². The Kier molecular flexibility index (Phi) is 7.25. The third kappa shape index (κ3) is 5.51. The first kappa shape index (κ1) is 22.7. The highest BCUT2D eigenvalue weighted by molar-refractivity contribution is 5.78. The third-order valence-corrected chi connectivity index (χ3v) is 7.32. The molecular weight excluding hydrogens is 420 g/mol. The van der Waals surface area contributed by atoms with Crippen molar-refractivity contribution < 1.29 is 9.53 Å². The third-order valence-electron chi connectivity index (χ3n) is 7.32. The van der Waals surface area contributed by atoms with Gasteiger partial charge in [-0.05, 0) is 67.2 Å². The SMILES string of the molecule is O=C(NCc1ccc2c(c1)OCC2)C1CCN(CCC(c2ccccc2)c2ccccc2)CC1. The van der Waals surface area contributed by atoms with Crippen LogP contribution < -0.4 is 10.1 Å². The minimum Gasteiger partial charge on any atom is -0.493 e. The monoisotopic (exact) mass is 454 g/mol. The number of carbonyl (C=O) groups is 1. The lowest BCUT2D eigenvalue weighted by molar-refractivity contribution is -0.126. The average Bonchev–Trinajstić information content (AvgIpc) is 3.37. The molecule has 2 heterocycles. The van der Waals surface area contributed by atoms with Gasteiger partial charge < -0.3 is 15.0 Å². The molecule has 2 aliphatic rings. The minimum absolute atomic E-state index is 0.112. The predicted octanol–water partition coefficient (Wildman–Crippen LogP) is 5.17. The Morgan fingerprint density at radius 1 is 0.941 bits per heavy atom. The summed E-state index contributed by atoms with van der Waals surface area (Å²) in [7, 11) is 0. The molecule has 1 amide bonds. The van der Waals surface area contributed by atoms with Gasteiger partial charge in [0.15, 0.2) is 0 Å². The van der Waals surface area contributed by atoms with Gasteiger partial charge in [-0.2, -0.15) is 0 Å². The summed E-state index contributed by atoms with van der Waals surface area (Å²) in [5.74, 6) is 1.68. The number of rotatable bonds is 8. The molecule has 2 aliphatic heterocycles. The van der Waals surface area contributed by atoms with E-state index in [0.717, 1.165) is 63.2 Å². The Bertz CT molecular complexity index is 1040. The maximum atomic E-state index is 12.8. The Morgan fingerprint density at radius 2 is 1.62 bits per heavy atom. The van der Waals surface area contributed by atoms with Crippen molar-refractivity contribution in [3.8, 4) is 5.75 Å². The Labute approximate surface area is 202 Å². The number of amides is 1. The highest BCUT2D eigenvalue weighted by atomic mass is 16.5. The summed E-state index contributed by atoms with van der Waals surface area (Å²) >= 11 is 0. The Hall–Kier alpha value is -3.11. The lowest BCUT2D eigenvalue weighted by atomic mass is 9.88. The van der Waals surface area contributed by atoms with Crippen molar-refractivity contribution in [2.75, 3.05) is 26.2 Å². The second-order valence-electron chi connectivity index (χ2n) is 9.54. The molecule has 3 aromatic carbocycles. The number of nitrogens with zero attached hydrogens (tertiary/aromatic N) is 1. The highest BCUT2D eigenvalue weighted by Crippen LogP contribution is 2.29. The fourth-order valence-electron chi connectivity index (χ4n) is 5.28. The fraction of sp³-hybridized carbons (Fsp3) is 0.367. The number of nitrogens with one attached hydrogen (secondary N) is 1. The number of piperidine rings is 1. The van der Waals surface area contributed by atoms with Crippen LogP contribution in [0.3, 0.4) is 0 Å². The van der Waals surface area contributed by atoms with Gasteiger partial charge in [-0.1, -0.05) is 72.8 Å². The molecule has 3 aromatic rings. The number of likely N-dealkylation sites (tertiary alicyclic amines) is 1. The zero-order valence-corrected chi connectivity index (χ0v) is 19.8. The van der Waals surface area contributed by atoms with E-state index in [2.05, 4.69) is 89.1 Å². The number of ether oxygens (including phenoxy) is 1. The molecule has 0 unspecified atom stereocenters. The summed E-state index contributed by atoms with van der Waals surface area (Å²) in [4.78, 5) is 15.3. The zero-order valence-electron chi connectivity index (χ0n) is 19.8. The van der Waals surface area contributed by atoms with Crippen molar-refractivity contribution >= 4 is 5.91 Å². The van der Waals surface area contributed by atoms with E-state index in [0.29, 0.717) is 12.5 Å². The van der Waals surface area contributed by atoms with Crippen LogP contribution in [0.15, 0.2) is 78.9 Å². The quantitative estimate of drug-likeness (QED) is 0.510. The summed E-state index contributed by atoms with van der Waals surface area (Å²) < 4.78 is 5.65. The van der Waals surface area contributed by atoms with Crippen LogP contribution in [0.2, 0.25) is 0 Å². The van der Waals surface area contributed by atoms with Gasteiger partial charge in [0.2, 0.25) is 5.91 Å². The molecule has 4 heteroatoms. The van der Waals surface area contributed by atoms with E-state index < -0.39 is 0 Å². The largest absolute Gasteiger partial charge is 0.493 e. The molecule has 0 radical (unpaired) electrons.